The molecule has 154 valence electrons. The molecule has 2 fully saturated rings. The lowest BCUT2D eigenvalue weighted by molar-refractivity contribution is -0.118. The first-order chi connectivity index (χ1) is 14.6. The van der Waals surface area contributed by atoms with Crippen LogP contribution in [0.3, 0.4) is 0 Å². The van der Waals surface area contributed by atoms with Gasteiger partial charge in [0.1, 0.15) is 23.3 Å². The van der Waals surface area contributed by atoms with Crippen LogP contribution in [0.5, 0.6) is 0 Å². The Balaban J connectivity index is 1.73. The number of nitrogens with one attached hydrogen (secondary N) is 2. The zero-order valence-corrected chi connectivity index (χ0v) is 17.0. The molecule has 0 radical (unpaired) electrons. The molecule has 2 amide bonds. The van der Waals surface area contributed by atoms with Crippen LogP contribution in [0.1, 0.15) is 62.5 Å². The third-order valence-electron chi connectivity index (χ3n) is 5.64. The van der Waals surface area contributed by atoms with Gasteiger partial charge in [-0.1, -0.05) is 43.9 Å². The molecule has 0 aromatic heterocycles. The van der Waals surface area contributed by atoms with Crippen molar-refractivity contribution in [2.24, 2.45) is 0 Å². The van der Waals surface area contributed by atoms with Crippen molar-refractivity contribution in [3.8, 4) is 12.1 Å². The van der Waals surface area contributed by atoms with Gasteiger partial charge in [0.15, 0.2) is 0 Å². The number of hydrogen-bond acceptors (Lipinski definition) is 4. The Hall–Kier alpha value is -3.38. The van der Waals surface area contributed by atoms with Gasteiger partial charge >= 0.3 is 0 Å². The van der Waals surface area contributed by atoms with Crippen molar-refractivity contribution in [2.75, 3.05) is 0 Å². The molecule has 2 N–H and O–H groups in total. The second-order valence-electron chi connectivity index (χ2n) is 7.92. The summed E-state index contributed by atoms with van der Waals surface area (Å²) in [5.74, 6) is -0.724. The highest BCUT2D eigenvalue weighted by Crippen LogP contribution is 2.20. The molecule has 0 aliphatic heterocycles. The average Bonchev–Trinajstić information content (AvgIpc) is 3.44. The van der Waals surface area contributed by atoms with Gasteiger partial charge in [-0.2, -0.15) is 10.5 Å². The largest absolute Gasteiger partial charge is 0.349 e. The minimum atomic E-state index is -0.362. The Labute approximate surface area is 177 Å². The third kappa shape index (κ3) is 5.81. The van der Waals surface area contributed by atoms with Gasteiger partial charge in [-0.25, -0.2) is 0 Å². The van der Waals surface area contributed by atoms with Gasteiger partial charge in [-0.3, -0.25) is 9.59 Å². The number of amides is 2. The van der Waals surface area contributed by atoms with Crippen molar-refractivity contribution in [3.05, 3.63) is 46.5 Å². The van der Waals surface area contributed by atoms with Gasteiger partial charge in [0, 0.05) is 12.1 Å². The van der Waals surface area contributed by atoms with E-state index in [1.165, 1.54) is 12.2 Å². The van der Waals surface area contributed by atoms with E-state index >= 15 is 0 Å². The number of nitrogens with zero attached hydrogens (tertiary/aromatic N) is 2. The van der Waals surface area contributed by atoms with Crippen LogP contribution in [0.15, 0.2) is 35.4 Å². The van der Waals surface area contributed by atoms with Crippen molar-refractivity contribution < 1.29 is 9.59 Å². The fourth-order valence-electron chi connectivity index (χ4n) is 4.04. The quantitative estimate of drug-likeness (QED) is 0.560. The van der Waals surface area contributed by atoms with E-state index in [-0.39, 0.29) is 35.0 Å². The van der Waals surface area contributed by atoms with Crippen molar-refractivity contribution in [1.29, 1.82) is 10.5 Å². The average molecular weight is 402 g/mol. The van der Waals surface area contributed by atoms with Crippen molar-refractivity contribution in [1.82, 2.24) is 10.6 Å². The number of carbonyl (C=O) groups excluding carboxylic acids is 2. The van der Waals surface area contributed by atoms with E-state index in [2.05, 4.69) is 10.6 Å². The maximum absolute atomic E-state index is 12.4. The molecular weight excluding hydrogens is 376 g/mol. The Morgan fingerprint density at radius 3 is 1.57 bits per heavy atom. The van der Waals surface area contributed by atoms with Gasteiger partial charge < -0.3 is 10.6 Å². The molecule has 0 heterocycles. The van der Waals surface area contributed by atoms with Crippen LogP contribution in [-0.4, -0.2) is 23.9 Å². The summed E-state index contributed by atoms with van der Waals surface area (Å²) in [7, 11) is 0. The van der Waals surface area contributed by atoms with Gasteiger partial charge in [0.2, 0.25) is 0 Å². The highest BCUT2D eigenvalue weighted by molar-refractivity contribution is 6.03. The maximum Gasteiger partial charge on any atom is 0.262 e. The van der Waals surface area contributed by atoms with Crippen LogP contribution < -0.4 is 10.6 Å². The van der Waals surface area contributed by atoms with Crippen molar-refractivity contribution in [3.63, 3.8) is 0 Å². The molecule has 0 spiro atoms. The molecule has 0 atom stereocenters. The second kappa shape index (κ2) is 10.4. The van der Waals surface area contributed by atoms with E-state index in [1.54, 1.807) is 24.3 Å². The van der Waals surface area contributed by atoms with Crippen LogP contribution >= 0.6 is 0 Å². The minimum Gasteiger partial charge on any atom is -0.349 e. The Morgan fingerprint density at radius 1 is 0.800 bits per heavy atom. The molecule has 1 aromatic rings. The lowest BCUT2D eigenvalue weighted by atomic mass is 10.0. The predicted octanol–water partition coefficient (Wildman–Crippen LogP) is 3.62. The molecule has 2 saturated carbocycles. The van der Waals surface area contributed by atoms with E-state index < -0.39 is 0 Å². The highest BCUT2D eigenvalue weighted by Gasteiger charge is 2.20. The molecule has 30 heavy (non-hydrogen) atoms. The van der Waals surface area contributed by atoms with E-state index in [1.807, 2.05) is 12.1 Å². The zero-order valence-electron chi connectivity index (χ0n) is 17.0. The SMILES string of the molecule is N#C/C(=C\c1cccc(/C=C(\C#N)C(=O)NC2CCCC2)c1)C(=O)NC1CCCC1. The lowest BCUT2D eigenvalue weighted by Crippen LogP contribution is -2.33. The van der Waals surface area contributed by atoms with Crippen LogP contribution in [0.4, 0.5) is 0 Å². The summed E-state index contributed by atoms with van der Waals surface area (Å²) in [6.45, 7) is 0. The van der Waals surface area contributed by atoms with Crippen LogP contribution in [0.2, 0.25) is 0 Å². The molecule has 0 unspecified atom stereocenters. The summed E-state index contributed by atoms with van der Waals surface area (Å²) >= 11 is 0. The van der Waals surface area contributed by atoms with Crippen LogP contribution in [-0.2, 0) is 9.59 Å². The first kappa shape index (κ1) is 21.3. The number of hydrogen-bond donors (Lipinski definition) is 2. The number of carbonyl (C=O) groups is 2. The summed E-state index contributed by atoms with van der Waals surface area (Å²) in [6, 6.07) is 11.3. The normalized spacial score (nSPS) is 17.9. The van der Waals surface area contributed by atoms with E-state index in [4.69, 9.17) is 0 Å². The molecule has 2 aliphatic carbocycles. The minimum absolute atomic E-state index is 0.0440. The fraction of sp³-hybridized carbons (Fsp3) is 0.417. The number of benzene rings is 1. The smallest absolute Gasteiger partial charge is 0.262 e. The maximum atomic E-state index is 12.4. The van der Waals surface area contributed by atoms with Crippen molar-refractivity contribution in [2.45, 2.75) is 63.5 Å². The molecule has 6 heteroatoms. The molecule has 2 aliphatic rings. The summed E-state index contributed by atoms with van der Waals surface area (Å²) in [6.07, 6.45) is 11.3. The topological polar surface area (TPSA) is 106 Å². The molecule has 1 aromatic carbocycles. The second-order valence-corrected chi connectivity index (χ2v) is 7.92. The highest BCUT2D eigenvalue weighted by atomic mass is 16.2. The number of nitriles is 2. The van der Waals surface area contributed by atoms with E-state index in [9.17, 15) is 20.1 Å². The Morgan fingerprint density at radius 2 is 1.20 bits per heavy atom. The summed E-state index contributed by atoms with van der Waals surface area (Å²) < 4.78 is 0. The Kier molecular flexibility index (Phi) is 7.40. The monoisotopic (exact) mass is 402 g/mol. The van der Waals surface area contributed by atoms with Gasteiger partial charge in [0.25, 0.3) is 11.8 Å². The fourth-order valence-corrected chi connectivity index (χ4v) is 4.04. The first-order valence-electron chi connectivity index (χ1n) is 10.5. The number of rotatable bonds is 6. The van der Waals surface area contributed by atoms with Gasteiger partial charge in [-0.05, 0) is 55.0 Å². The Bertz CT molecular complexity index is 863. The first-order valence-corrected chi connectivity index (χ1v) is 10.5. The van der Waals surface area contributed by atoms with E-state index in [0.29, 0.717) is 11.1 Å². The van der Waals surface area contributed by atoms with Crippen molar-refractivity contribution >= 4 is 24.0 Å². The molecule has 3 rings (SSSR count). The molecule has 6 nitrogen and oxygen atoms in total. The van der Waals surface area contributed by atoms with Gasteiger partial charge in [-0.15, -0.1) is 0 Å². The molecule has 0 bridgehead atoms. The molecule has 0 saturated heterocycles. The third-order valence-corrected chi connectivity index (χ3v) is 5.64. The summed E-state index contributed by atoms with van der Waals surface area (Å²) in [5, 5.41) is 24.6. The van der Waals surface area contributed by atoms with Crippen LogP contribution in [0.25, 0.3) is 12.2 Å². The van der Waals surface area contributed by atoms with Gasteiger partial charge in [0.05, 0.1) is 0 Å². The molecular formula is C24H26N4O2. The predicted molar refractivity (Wildman–Crippen MR) is 114 cm³/mol. The standard InChI is InChI=1S/C24H26N4O2/c25-15-19(23(29)27-21-8-1-2-9-21)13-17-6-5-7-18(12-17)14-20(16-26)24(30)28-22-10-3-4-11-22/h5-7,12-14,21-22H,1-4,8-11H2,(H,27,29)(H,28,30)/b19-13+,20-14+. The lowest BCUT2D eigenvalue weighted by Gasteiger charge is -2.11. The summed E-state index contributed by atoms with van der Waals surface area (Å²) in [4.78, 5) is 24.8. The van der Waals surface area contributed by atoms with Crippen LogP contribution in [0, 0.1) is 22.7 Å². The zero-order chi connectivity index (χ0) is 21.3. The summed E-state index contributed by atoms with van der Waals surface area (Å²) in [5.41, 5.74) is 1.41. The van der Waals surface area contributed by atoms with E-state index in [0.717, 1.165) is 51.4 Å².